The summed E-state index contributed by atoms with van der Waals surface area (Å²) >= 11 is 1.22. The van der Waals surface area contributed by atoms with Crippen LogP contribution in [-0.4, -0.2) is 33.8 Å². The Bertz CT molecular complexity index is 858. The average molecular weight is 357 g/mol. The predicted octanol–water partition coefficient (Wildman–Crippen LogP) is 3.70. The lowest BCUT2D eigenvalue weighted by Gasteiger charge is -2.18. The molecule has 0 radical (unpaired) electrons. The zero-order chi connectivity index (χ0) is 17.8. The number of furan rings is 1. The summed E-state index contributed by atoms with van der Waals surface area (Å²) in [6.45, 7) is 4.70. The van der Waals surface area contributed by atoms with E-state index < -0.39 is 0 Å². The molecule has 0 saturated heterocycles. The van der Waals surface area contributed by atoms with E-state index in [0.717, 1.165) is 5.56 Å². The number of aryl methyl sites for hydroxylation is 2. The maximum atomic E-state index is 12.3. The van der Waals surface area contributed by atoms with Crippen molar-refractivity contribution in [2.24, 2.45) is 0 Å². The summed E-state index contributed by atoms with van der Waals surface area (Å²) in [7, 11) is 1.80. The molecule has 3 aromatic rings. The molecular formula is C18H19N3O3S. The third-order valence-corrected chi connectivity index (χ3v) is 4.59. The second kappa shape index (κ2) is 7.57. The fourth-order valence-corrected chi connectivity index (χ4v) is 3.07. The molecule has 0 unspecified atom stereocenters. The molecule has 0 spiro atoms. The van der Waals surface area contributed by atoms with Crippen LogP contribution in [0.2, 0.25) is 0 Å². The minimum Gasteiger partial charge on any atom is -0.459 e. The number of benzene rings is 1. The number of rotatable bonds is 6. The molecule has 0 N–H and O–H groups in total. The Morgan fingerprint density at radius 2 is 2.08 bits per heavy atom. The molecule has 0 aliphatic carbocycles. The number of amides is 1. The van der Waals surface area contributed by atoms with Gasteiger partial charge in [0.05, 0.1) is 12.0 Å². The van der Waals surface area contributed by atoms with Crippen molar-refractivity contribution in [3.8, 4) is 11.7 Å². The number of hydrogen-bond acceptors (Lipinski definition) is 6. The first kappa shape index (κ1) is 17.3. The van der Waals surface area contributed by atoms with E-state index in [1.807, 2.05) is 0 Å². The van der Waals surface area contributed by atoms with Gasteiger partial charge in [0.25, 0.3) is 11.1 Å². The summed E-state index contributed by atoms with van der Waals surface area (Å²) < 4.78 is 10.7. The van der Waals surface area contributed by atoms with Crippen molar-refractivity contribution in [3.63, 3.8) is 0 Å². The van der Waals surface area contributed by atoms with Crippen LogP contribution in [0.5, 0.6) is 0 Å². The fourth-order valence-electron chi connectivity index (χ4n) is 2.37. The summed E-state index contributed by atoms with van der Waals surface area (Å²) in [5, 5.41) is 8.19. The van der Waals surface area contributed by atoms with Gasteiger partial charge < -0.3 is 13.7 Å². The average Bonchev–Trinajstić information content (AvgIpc) is 3.26. The van der Waals surface area contributed by atoms with E-state index in [1.54, 1.807) is 24.1 Å². The van der Waals surface area contributed by atoms with E-state index in [4.69, 9.17) is 8.83 Å². The monoisotopic (exact) mass is 357 g/mol. The number of carbonyl (C=O) groups excluding carboxylic acids is 1. The second-order valence-corrected chi connectivity index (χ2v) is 6.75. The molecule has 0 fully saturated rings. The maximum absolute atomic E-state index is 12.3. The molecule has 2 aromatic heterocycles. The molecule has 0 aliphatic rings. The van der Waals surface area contributed by atoms with E-state index >= 15 is 0 Å². The Morgan fingerprint density at radius 3 is 2.80 bits per heavy atom. The standard InChI is InChI=1S/C18H19N3O3S/c1-12-6-7-14(13(2)9-12)10-21(3)16(22)11-25-18-20-19-17(24-18)15-5-4-8-23-15/h4-9H,10-11H2,1-3H3. The van der Waals surface area contributed by atoms with Crippen LogP contribution in [0, 0.1) is 13.8 Å². The van der Waals surface area contributed by atoms with Gasteiger partial charge in [0.1, 0.15) is 0 Å². The second-order valence-electron chi connectivity index (χ2n) is 5.82. The fraction of sp³-hybridized carbons (Fsp3) is 0.278. The number of thioether (sulfide) groups is 1. The van der Waals surface area contributed by atoms with Gasteiger partial charge in [-0.2, -0.15) is 0 Å². The Balaban J connectivity index is 1.55. The van der Waals surface area contributed by atoms with Crippen LogP contribution in [-0.2, 0) is 11.3 Å². The third-order valence-electron chi connectivity index (χ3n) is 3.79. The predicted molar refractivity (Wildman–Crippen MR) is 95.1 cm³/mol. The van der Waals surface area contributed by atoms with Crippen LogP contribution in [0.3, 0.4) is 0 Å². The molecule has 25 heavy (non-hydrogen) atoms. The van der Waals surface area contributed by atoms with Crippen molar-refractivity contribution in [3.05, 3.63) is 53.3 Å². The topological polar surface area (TPSA) is 72.4 Å². The van der Waals surface area contributed by atoms with Gasteiger partial charge in [-0.25, -0.2) is 0 Å². The summed E-state index contributed by atoms with van der Waals surface area (Å²) in [6.07, 6.45) is 1.54. The van der Waals surface area contributed by atoms with E-state index in [2.05, 4.69) is 42.2 Å². The van der Waals surface area contributed by atoms with Gasteiger partial charge in [0, 0.05) is 13.6 Å². The van der Waals surface area contributed by atoms with Crippen LogP contribution in [0.1, 0.15) is 16.7 Å². The number of nitrogens with zero attached hydrogens (tertiary/aromatic N) is 3. The highest BCUT2D eigenvalue weighted by atomic mass is 32.2. The number of aromatic nitrogens is 2. The minimum absolute atomic E-state index is 0.00252. The molecule has 6 nitrogen and oxygen atoms in total. The van der Waals surface area contributed by atoms with E-state index in [-0.39, 0.29) is 11.7 Å². The van der Waals surface area contributed by atoms with E-state index in [0.29, 0.717) is 23.4 Å². The van der Waals surface area contributed by atoms with Gasteiger partial charge in [-0.15, -0.1) is 10.2 Å². The van der Waals surface area contributed by atoms with Gasteiger partial charge in [-0.1, -0.05) is 35.5 Å². The molecule has 1 amide bonds. The zero-order valence-corrected chi connectivity index (χ0v) is 15.2. The zero-order valence-electron chi connectivity index (χ0n) is 14.4. The highest BCUT2D eigenvalue weighted by molar-refractivity contribution is 7.99. The van der Waals surface area contributed by atoms with Gasteiger partial charge in [-0.3, -0.25) is 4.79 Å². The van der Waals surface area contributed by atoms with Crippen molar-refractivity contribution in [1.29, 1.82) is 0 Å². The molecule has 130 valence electrons. The molecule has 2 heterocycles. The van der Waals surface area contributed by atoms with Gasteiger partial charge in [-0.05, 0) is 37.1 Å². The highest BCUT2D eigenvalue weighted by Gasteiger charge is 2.15. The number of hydrogen-bond donors (Lipinski definition) is 0. The number of carbonyl (C=O) groups is 1. The molecule has 0 atom stereocenters. The van der Waals surface area contributed by atoms with Gasteiger partial charge in [0.15, 0.2) is 5.76 Å². The summed E-state index contributed by atoms with van der Waals surface area (Å²) in [6, 6.07) is 9.74. The molecule has 0 saturated carbocycles. The maximum Gasteiger partial charge on any atom is 0.284 e. The Hall–Kier alpha value is -2.54. The first-order valence-corrected chi connectivity index (χ1v) is 8.82. The van der Waals surface area contributed by atoms with Crippen LogP contribution in [0.25, 0.3) is 11.7 Å². The molecule has 0 aliphatic heterocycles. The summed E-state index contributed by atoms with van der Waals surface area (Å²) in [5.74, 6) is 1.06. The van der Waals surface area contributed by atoms with Crippen molar-refractivity contribution in [2.45, 2.75) is 25.6 Å². The first-order valence-electron chi connectivity index (χ1n) is 7.83. The van der Waals surface area contributed by atoms with E-state index in [1.165, 1.54) is 29.2 Å². The third kappa shape index (κ3) is 4.30. The van der Waals surface area contributed by atoms with Crippen molar-refractivity contribution >= 4 is 17.7 Å². The first-order chi connectivity index (χ1) is 12.0. The Kier molecular flexibility index (Phi) is 5.23. The smallest absolute Gasteiger partial charge is 0.284 e. The molecule has 1 aromatic carbocycles. The van der Waals surface area contributed by atoms with Crippen LogP contribution >= 0.6 is 11.8 Å². The molecule has 3 rings (SSSR count). The quantitative estimate of drug-likeness (QED) is 0.627. The summed E-state index contributed by atoms with van der Waals surface area (Å²) in [5.41, 5.74) is 3.55. The highest BCUT2D eigenvalue weighted by Crippen LogP contribution is 2.23. The lowest BCUT2D eigenvalue weighted by atomic mass is 10.1. The van der Waals surface area contributed by atoms with Crippen LogP contribution < -0.4 is 0 Å². The van der Waals surface area contributed by atoms with Crippen molar-refractivity contribution in [1.82, 2.24) is 15.1 Å². The minimum atomic E-state index is 0.00252. The molecule has 7 heteroatoms. The molecule has 0 bridgehead atoms. The Morgan fingerprint density at radius 1 is 1.24 bits per heavy atom. The largest absolute Gasteiger partial charge is 0.459 e. The van der Waals surface area contributed by atoms with Crippen LogP contribution in [0.15, 0.2) is 50.7 Å². The van der Waals surface area contributed by atoms with Crippen molar-refractivity contribution < 1.29 is 13.6 Å². The Labute approximate surface area is 150 Å². The van der Waals surface area contributed by atoms with E-state index in [9.17, 15) is 4.79 Å². The van der Waals surface area contributed by atoms with Gasteiger partial charge >= 0.3 is 0 Å². The molecular weight excluding hydrogens is 338 g/mol. The van der Waals surface area contributed by atoms with Crippen LogP contribution in [0.4, 0.5) is 0 Å². The lowest BCUT2D eigenvalue weighted by molar-refractivity contribution is -0.127. The normalized spacial score (nSPS) is 10.8. The SMILES string of the molecule is Cc1ccc(CN(C)C(=O)CSc2nnc(-c3ccco3)o2)c(C)c1. The lowest BCUT2D eigenvalue weighted by Crippen LogP contribution is -2.28. The van der Waals surface area contributed by atoms with Gasteiger partial charge in [0.2, 0.25) is 5.91 Å². The van der Waals surface area contributed by atoms with Crippen molar-refractivity contribution in [2.75, 3.05) is 12.8 Å². The summed E-state index contributed by atoms with van der Waals surface area (Å²) in [4.78, 5) is 14.0.